The highest BCUT2D eigenvalue weighted by molar-refractivity contribution is 9.10. The molecule has 0 bridgehead atoms. The zero-order valence-electron chi connectivity index (χ0n) is 12.0. The lowest BCUT2D eigenvalue weighted by Gasteiger charge is -2.29. The molecule has 2 aliphatic rings. The van der Waals surface area contributed by atoms with Gasteiger partial charge in [0.05, 0.1) is 5.52 Å². The smallest absolute Gasteiger partial charge is 0.245 e. The molecule has 2 aliphatic heterocycles. The normalized spacial score (nSPS) is 21.0. The van der Waals surface area contributed by atoms with E-state index in [9.17, 15) is 9.59 Å². The molecular weight excluding hydrogens is 346 g/mol. The summed E-state index contributed by atoms with van der Waals surface area (Å²) >= 11 is 3.57. The van der Waals surface area contributed by atoms with Crippen molar-refractivity contribution in [3.05, 3.63) is 33.9 Å². The van der Waals surface area contributed by atoms with E-state index in [-0.39, 0.29) is 17.9 Å². The number of amides is 2. The van der Waals surface area contributed by atoms with Gasteiger partial charge in [0.15, 0.2) is 0 Å². The SMILES string of the molecule is O=C1CC[C@H](C(=O)N2CCc3[nH]c4c(Br)cccc4c3C2)N1. The molecule has 2 aromatic rings. The van der Waals surface area contributed by atoms with E-state index in [0.29, 0.717) is 25.9 Å². The lowest BCUT2D eigenvalue weighted by Crippen LogP contribution is -2.46. The zero-order chi connectivity index (χ0) is 15.3. The molecule has 114 valence electrons. The summed E-state index contributed by atoms with van der Waals surface area (Å²) in [6.45, 7) is 1.31. The Hall–Kier alpha value is -1.82. The highest BCUT2D eigenvalue weighted by Crippen LogP contribution is 2.32. The van der Waals surface area contributed by atoms with Crippen molar-refractivity contribution in [1.82, 2.24) is 15.2 Å². The standard InChI is InChI=1S/C16H16BrN3O2/c17-11-3-1-2-9-10-8-20(7-6-12(10)19-15(9)11)16(22)13-4-5-14(21)18-13/h1-3,13,19H,4-8H2,(H,18,21)/t13-/m1/s1. The van der Waals surface area contributed by atoms with E-state index >= 15 is 0 Å². The molecule has 0 aliphatic carbocycles. The van der Waals surface area contributed by atoms with Crippen molar-refractivity contribution >= 4 is 38.6 Å². The van der Waals surface area contributed by atoms with E-state index in [1.165, 1.54) is 11.3 Å². The Bertz CT molecular complexity index is 783. The average Bonchev–Trinajstić information content (AvgIpc) is 3.11. The Balaban J connectivity index is 1.63. The number of hydrogen-bond acceptors (Lipinski definition) is 2. The molecule has 2 N–H and O–H groups in total. The molecule has 1 fully saturated rings. The molecule has 1 saturated heterocycles. The topological polar surface area (TPSA) is 65.2 Å². The predicted octanol–water partition coefficient (Wildman–Crippen LogP) is 2.09. The minimum Gasteiger partial charge on any atom is -0.357 e. The number of H-pyrrole nitrogens is 1. The minimum atomic E-state index is -0.342. The van der Waals surface area contributed by atoms with E-state index < -0.39 is 0 Å². The van der Waals surface area contributed by atoms with Crippen LogP contribution in [0, 0.1) is 0 Å². The van der Waals surface area contributed by atoms with Crippen LogP contribution in [0.4, 0.5) is 0 Å². The number of nitrogens with zero attached hydrogens (tertiary/aromatic N) is 1. The molecule has 0 radical (unpaired) electrons. The molecular formula is C16H16BrN3O2. The zero-order valence-corrected chi connectivity index (χ0v) is 13.6. The maximum atomic E-state index is 12.6. The number of benzene rings is 1. The second kappa shape index (κ2) is 5.12. The molecule has 0 unspecified atom stereocenters. The van der Waals surface area contributed by atoms with Crippen molar-refractivity contribution in [3.8, 4) is 0 Å². The highest BCUT2D eigenvalue weighted by atomic mass is 79.9. The molecule has 1 aromatic carbocycles. The van der Waals surface area contributed by atoms with Crippen molar-refractivity contribution in [2.45, 2.75) is 31.8 Å². The van der Waals surface area contributed by atoms with Crippen LogP contribution in [0.1, 0.15) is 24.1 Å². The fraction of sp³-hybridized carbons (Fsp3) is 0.375. The fourth-order valence-electron chi connectivity index (χ4n) is 3.41. The first-order valence-electron chi connectivity index (χ1n) is 7.49. The number of fused-ring (bicyclic) bond motifs is 3. The summed E-state index contributed by atoms with van der Waals surface area (Å²) in [5.74, 6) is 0.0212. The van der Waals surface area contributed by atoms with Crippen LogP contribution < -0.4 is 5.32 Å². The van der Waals surface area contributed by atoms with Crippen LogP contribution >= 0.6 is 15.9 Å². The van der Waals surface area contributed by atoms with E-state index in [1.54, 1.807) is 0 Å². The van der Waals surface area contributed by atoms with Crippen LogP contribution in [0.25, 0.3) is 10.9 Å². The van der Waals surface area contributed by atoms with Gasteiger partial charge in [-0.25, -0.2) is 0 Å². The van der Waals surface area contributed by atoms with Gasteiger partial charge in [-0.05, 0) is 28.4 Å². The number of aromatic amines is 1. The van der Waals surface area contributed by atoms with Crippen LogP contribution in [0.15, 0.2) is 22.7 Å². The van der Waals surface area contributed by atoms with Gasteiger partial charge in [0.25, 0.3) is 0 Å². The van der Waals surface area contributed by atoms with Gasteiger partial charge in [0.2, 0.25) is 11.8 Å². The Morgan fingerprint density at radius 1 is 1.32 bits per heavy atom. The molecule has 5 nitrogen and oxygen atoms in total. The molecule has 1 aromatic heterocycles. The number of halogens is 1. The lowest BCUT2D eigenvalue weighted by molar-refractivity contribution is -0.135. The van der Waals surface area contributed by atoms with Crippen LogP contribution in [-0.2, 0) is 22.6 Å². The van der Waals surface area contributed by atoms with Crippen LogP contribution in [0.2, 0.25) is 0 Å². The molecule has 6 heteroatoms. The summed E-state index contributed by atoms with van der Waals surface area (Å²) in [4.78, 5) is 29.2. The largest absolute Gasteiger partial charge is 0.357 e. The Morgan fingerprint density at radius 2 is 2.18 bits per heavy atom. The number of aromatic nitrogens is 1. The average molecular weight is 362 g/mol. The molecule has 2 amide bonds. The lowest BCUT2D eigenvalue weighted by atomic mass is 10.0. The molecule has 3 heterocycles. The number of rotatable bonds is 1. The third-order valence-corrected chi connectivity index (χ3v) is 5.23. The predicted molar refractivity (Wildman–Crippen MR) is 86.3 cm³/mol. The maximum Gasteiger partial charge on any atom is 0.245 e. The van der Waals surface area contributed by atoms with Crippen molar-refractivity contribution in [1.29, 1.82) is 0 Å². The van der Waals surface area contributed by atoms with Gasteiger partial charge in [-0.2, -0.15) is 0 Å². The fourth-order valence-corrected chi connectivity index (χ4v) is 3.88. The third-order valence-electron chi connectivity index (χ3n) is 4.56. The summed E-state index contributed by atoms with van der Waals surface area (Å²) in [5, 5.41) is 3.93. The summed E-state index contributed by atoms with van der Waals surface area (Å²) < 4.78 is 1.04. The molecule has 0 saturated carbocycles. The summed E-state index contributed by atoms with van der Waals surface area (Å²) in [6, 6.07) is 5.77. The highest BCUT2D eigenvalue weighted by Gasteiger charge is 2.33. The van der Waals surface area contributed by atoms with Crippen LogP contribution in [0.5, 0.6) is 0 Å². The minimum absolute atomic E-state index is 0.0212. The number of carbonyl (C=O) groups is 2. The van der Waals surface area contributed by atoms with E-state index in [4.69, 9.17) is 0 Å². The molecule has 4 rings (SSSR count). The van der Waals surface area contributed by atoms with Crippen molar-refractivity contribution in [3.63, 3.8) is 0 Å². The monoisotopic (exact) mass is 361 g/mol. The second-order valence-electron chi connectivity index (χ2n) is 5.91. The third kappa shape index (κ3) is 2.13. The summed E-state index contributed by atoms with van der Waals surface area (Å²) in [7, 11) is 0. The van der Waals surface area contributed by atoms with Gasteiger partial charge in [-0.15, -0.1) is 0 Å². The first kappa shape index (κ1) is 13.8. The van der Waals surface area contributed by atoms with E-state index in [2.05, 4.69) is 32.3 Å². The molecule has 1 atom stereocenters. The first-order chi connectivity index (χ1) is 10.6. The molecule has 0 spiro atoms. The Labute approximate surface area is 136 Å². The summed E-state index contributed by atoms with van der Waals surface area (Å²) in [6.07, 6.45) is 1.89. The number of carbonyl (C=O) groups excluding carboxylic acids is 2. The van der Waals surface area contributed by atoms with Gasteiger partial charge in [0, 0.05) is 47.0 Å². The van der Waals surface area contributed by atoms with Crippen LogP contribution in [0.3, 0.4) is 0 Å². The first-order valence-corrected chi connectivity index (χ1v) is 8.29. The number of hydrogen-bond donors (Lipinski definition) is 2. The van der Waals surface area contributed by atoms with Gasteiger partial charge >= 0.3 is 0 Å². The number of nitrogens with one attached hydrogen (secondary N) is 2. The van der Waals surface area contributed by atoms with E-state index in [1.807, 2.05) is 17.0 Å². The Kier molecular flexibility index (Phi) is 3.22. The maximum absolute atomic E-state index is 12.6. The van der Waals surface area contributed by atoms with Crippen molar-refractivity contribution in [2.75, 3.05) is 6.54 Å². The van der Waals surface area contributed by atoms with E-state index in [0.717, 1.165) is 21.8 Å². The van der Waals surface area contributed by atoms with Crippen molar-refractivity contribution in [2.24, 2.45) is 0 Å². The number of para-hydroxylation sites is 1. The Morgan fingerprint density at radius 3 is 2.95 bits per heavy atom. The summed E-state index contributed by atoms with van der Waals surface area (Å²) in [5.41, 5.74) is 3.50. The quantitative estimate of drug-likeness (QED) is 0.816. The van der Waals surface area contributed by atoms with Gasteiger partial charge in [-0.1, -0.05) is 12.1 Å². The van der Waals surface area contributed by atoms with Crippen molar-refractivity contribution < 1.29 is 9.59 Å². The van der Waals surface area contributed by atoms with Gasteiger partial charge in [-0.3, -0.25) is 9.59 Å². The van der Waals surface area contributed by atoms with Gasteiger partial charge in [0.1, 0.15) is 6.04 Å². The molecule has 22 heavy (non-hydrogen) atoms. The van der Waals surface area contributed by atoms with Crippen LogP contribution in [-0.4, -0.2) is 34.3 Å². The van der Waals surface area contributed by atoms with Gasteiger partial charge < -0.3 is 15.2 Å². The second-order valence-corrected chi connectivity index (χ2v) is 6.77.